The van der Waals surface area contributed by atoms with E-state index >= 15 is 0 Å². The summed E-state index contributed by atoms with van der Waals surface area (Å²) in [5.74, 6) is 1.30. The van der Waals surface area contributed by atoms with E-state index in [9.17, 15) is 4.79 Å². The molecule has 144 valence electrons. The quantitative estimate of drug-likeness (QED) is 0.650. The molecule has 0 saturated heterocycles. The van der Waals surface area contributed by atoms with Crippen LogP contribution in [-0.4, -0.2) is 36.1 Å². The Morgan fingerprint density at radius 1 is 1.04 bits per heavy atom. The first-order chi connectivity index (χ1) is 13.7. The summed E-state index contributed by atoms with van der Waals surface area (Å²) in [5, 5.41) is 2.88. The molecule has 3 aromatic rings. The molecule has 1 aromatic heterocycles. The van der Waals surface area contributed by atoms with Crippen molar-refractivity contribution in [1.29, 1.82) is 0 Å². The largest absolute Gasteiger partial charge is 0.497 e. The number of amides is 1. The highest BCUT2D eigenvalue weighted by molar-refractivity contribution is 5.92. The van der Waals surface area contributed by atoms with E-state index < -0.39 is 0 Å². The number of aromatic nitrogens is 2. The number of benzene rings is 2. The van der Waals surface area contributed by atoms with Crippen molar-refractivity contribution in [3.63, 3.8) is 0 Å². The van der Waals surface area contributed by atoms with Crippen LogP contribution in [0.15, 0.2) is 67.0 Å². The molecule has 0 fully saturated rings. The maximum Gasteiger partial charge on any atom is 0.271 e. The van der Waals surface area contributed by atoms with Crippen LogP contribution in [0.1, 0.15) is 23.0 Å². The lowest BCUT2D eigenvalue weighted by Gasteiger charge is -2.21. The molecule has 1 N–H and O–H groups in total. The molecule has 28 heavy (non-hydrogen) atoms. The summed E-state index contributed by atoms with van der Waals surface area (Å²) in [4.78, 5) is 23.1. The lowest BCUT2D eigenvalue weighted by Crippen LogP contribution is -2.27. The van der Waals surface area contributed by atoms with E-state index in [0.717, 1.165) is 30.0 Å². The molecular formula is C22H24N4O2. The zero-order valence-corrected chi connectivity index (χ0v) is 16.1. The second-order valence-corrected chi connectivity index (χ2v) is 6.19. The number of nitrogens with one attached hydrogen (secondary N) is 1. The Labute approximate surface area is 165 Å². The molecule has 0 atom stereocenters. The van der Waals surface area contributed by atoms with Gasteiger partial charge in [-0.25, -0.2) is 9.97 Å². The van der Waals surface area contributed by atoms with E-state index in [2.05, 4.69) is 22.2 Å². The predicted molar refractivity (Wildman–Crippen MR) is 110 cm³/mol. The average Bonchev–Trinajstić information content (AvgIpc) is 2.76. The molecule has 0 aliphatic heterocycles. The molecule has 3 rings (SSSR count). The predicted octanol–water partition coefficient (Wildman–Crippen LogP) is 3.62. The Kier molecular flexibility index (Phi) is 6.57. The average molecular weight is 376 g/mol. The van der Waals surface area contributed by atoms with E-state index in [0.29, 0.717) is 18.1 Å². The minimum absolute atomic E-state index is 0.227. The van der Waals surface area contributed by atoms with Crippen LogP contribution in [0, 0.1) is 0 Å². The number of rotatable bonds is 8. The summed E-state index contributed by atoms with van der Waals surface area (Å²) in [6, 6.07) is 17.8. The fourth-order valence-corrected chi connectivity index (χ4v) is 2.87. The van der Waals surface area contributed by atoms with Crippen LogP contribution in [0.2, 0.25) is 0 Å². The Morgan fingerprint density at radius 2 is 1.79 bits per heavy atom. The van der Waals surface area contributed by atoms with Gasteiger partial charge in [0.05, 0.1) is 19.5 Å². The zero-order chi connectivity index (χ0) is 19.8. The number of hydrogen-bond acceptors (Lipinski definition) is 5. The van der Waals surface area contributed by atoms with Gasteiger partial charge in [0.2, 0.25) is 0 Å². The van der Waals surface area contributed by atoms with Gasteiger partial charge in [-0.2, -0.15) is 0 Å². The van der Waals surface area contributed by atoms with Crippen molar-refractivity contribution in [1.82, 2.24) is 15.3 Å². The molecule has 0 spiro atoms. The summed E-state index contributed by atoms with van der Waals surface area (Å²) in [7, 11) is 1.64. The third-order valence-electron chi connectivity index (χ3n) is 4.39. The standard InChI is InChI=1S/C22H24N4O2/c1-3-26(18-7-5-4-6-8-18)21-16-24-20(15-25-21)22(27)23-14-13-17-9-11-19(28-2)12-10-17/h4-12,15-16H,3,13-14H2,1-2H3,(H,23,27). The Bertz CT molecular complexity index is 881. The van der Waals surface area contributed by atoms with Gasteiger partial charge in [-0.3, -0.25) is 4.79 Å². The number of ether oxygens (including phenoxy) is 1. The second kappa shape index (κ2) is 9.50. The Hall–Kier alpha value is -3.41. The molecule has 1 amide bonds. The number of carbonyl (C=O) groups excluding carboxylic acids is 1. The van der Waals surface area contributed by atoms with Gasteiger partial charge in [-0.05, 0) is 43.2 Å². The minimum atomic E-state index is -0.227. The molecular weight excluding hydrogens is 352 g/mol. The molecule has 6 heteroatoms. The van der Waals surface area contributed by atoms with Gasteiger partial charge in [0, 0.05) is 18.8 Å². The highest BCUT2D eigenvalue weighted by Gasteiger charge is 2.12. The Morgan fingerprint density at radius 3 is 2.39 bits per heavy atom. The first-order valence-electron chi connectivity index (χ1n) is 9.27. The topological polar surface area (TPSA) is 67.4 Å². The van der Waals surface area contributed by atoms with Crippen LogP contribution in [0.25, 0.3) is 0 Å². The van der Waals surface area contributed by atoms with Crippen LogP contribution < -0.4 is 15.0 Å². The number of hydrogen-bond donors (Lipinski definition) is 1. The highest BCUT2D eigenvalue weighted by atomic mass is 16.5. The van der Waals surface area contributed by atoms with Crippen molar-refractivity contribution in [3.05, 3.63) is 78.2 Å². The van der Waals surface area contributed by atoms with Crippen molar-refractivity contribution in [2.45, 2.75) is 13.3 Å². The lowest BCUT2D eigenvalue weighted by atomic mass is 10.1. The summed E-state index contributed by atoms with van der Waals surface area (Å²) >= 11 is 0. The van der Waals surface area contributed by atoms with Crippen molar-refractivity contribution >= 4 is 17.4 Å². The van der Waals surface area contributed by atoms with Gasteiger partial charge in [0.1, 0.15) is 11.4 Å². The Balaban J connectivity index is 1.57. The van der Waals surface area contributed by atoms with Crippen molar-refractivity contribution < 1.29 is 9.53 Å². The lowest BCUT2D eigenvalue weighted by molar-refractivity contribution is 0.0949. The normalized spacial score (nSPS) is 10.4. The zero-order valence-electron chi connectivity index (χ0n) is 16.1. The van der Waals surface area contributed by atoms with Crippen molar-refractivity contribution in [2.75, 3.05) is 25.1 Å². The fraction of sp³-hybridized carbons (Fsp3) is 0.227. The number of para-hydroxylation sites is 1. The number of carbonyl (C=O) groups is 1. The summed E-state index contributed by atoms with van der Waals surface area (Å²) < 4.78 is 5.14. The molecule has 0 aliphatic carbocycles. The van der Waals surface area contributed by atoms with Crippen LogP contribution in [-0.2, 0) is 6.42 Å². The molecule has 0 bridgehead atoms. The first-order valence-corrected chi connectivity index (χ1v) is 9.27. The van der Waals surface area contributed by atoms with E-state index in [-0.39, 0.29) is 5.91 Å². The maximum atomic E-state index is 12.3. The van der Waals surface area contributed by atoms with Gasteiger partial charge in [0.25, 0.3) is 5.91 Å². The summed E-state index contributed by atoms with van der Waals surface area (Å²) in [6.07, 6.45) is 3.89. The SMILES string of the molecule is CCN(c1ccccc1)c1cnc(C(=O)NCCc2ccc(OC)cc2)cn1. The highest BCUT2D eigenvalue weighted by Crippen LogP contribution is 2.21. The number of anilines is 2. The van der Waals surface area contributed by atoms with E-state index in [1.807, 2.05) is 59.5 Å². The van der Waals surface area contributed by atoms with Crippen molar-refractivity contribution in [3.8, 4) is 5.75 Å². The van der Waals surface area contributed by atoms with Crippen LogP contribution in [0.4, 0.5) is 11.5 Å². The summed E-state index contributed by atoms with van der Waals surface area (Å²) in [5.41, 5.74) is 2.47. The molecule has 6 nitrogen and oxygen atoms in total. The maximum absolute atomic E-state index is 12.3. The smallest absolute Gasteiger partial charge is 0.271 e. The van der Waals surface area contributed by atoms with E-state index in [4.69, 9.17) is 4.74 Å². The molecule has 1 heterocycles. The van der Waals surface area contributed by atoms with Gasteiger partial charge in [-0.15, -0.1) is 0 Å². The summed E-state index contributed by atoms with van der Waals surface area (Å²) in [6.45, 7) is 3.33. The van der Waals surface area contributed by atoms with Crippen LogP contribution in [0.3, 0.4) is 0 Å². The van der Waals surface area contributed by atoms with E-state index in [1.54, 1.807) is 13.3 Å². The van der Waals surface area contributed by atoms with Crippen LogP contribution in [0.5, 0.6) is 5.75 Å². The van der Waals surface area contributed by atoms with Gasteiger partial charge in [-0.1, -0.05) is 30.3 Å². The third-order valence-corrected chi connectivity index (χ3v) is 4.39. The fourth-order valence-electron chi connectivity index (χ4n) is 2.87. The minimum Gasteiger partial charge on any atom is -0.497 e. The first kappa shape index (κ1) is 19.4. The molecule has 0 aliphatic rings. The van der Waals surface area contributed by atoms with Gasteiger partial charge < -0.3 is 15.0 Å². The molecule has 0 radical (unpaired) electrons. The van der Waals surface area contributed by atoms with E-state index in [1.165, 1.54) is 6.20 Å². The number of methoxy groups -OCH3 is 1. The van der Waals surface area contributed by atoms with Gasteiger partial charge in [0.15, 0.2) is 5.82 Å². The molecule has 2 aromatic carbocycles. The molecule has 0 saturated carbocycles. The monoisotopic (exact) mass is 376 g/mol. The number of nitrogens with zero attached hydrogens (tertiary/aromatic N) is 3. The van der Waals surface area contributed by atoms with Crippen molar-refractivity contribution in [2.24, 2.45) is 0 Å². The van der Waals surface area contributed by atoms with Crippen LogP contribution >= 0.6 is 0 Å². The third kappa shape index (κ3) is 4.85. The molecule has 0 unspecified atom stereocenters. The second-order valence-electron chi connectivity index (χ2n) is 6.19. The van der Waals surface area contributed by atoms with Gasteiger partial charge >= 0.3 is 0 Å².